The van der Waals surface area contributed by atoms with Crippen LogP contribution in [0, 0.1) is 20.8 Å². The summed E-state index contributed by atoms with van der Waals surface area (Å²) >= 11 is 0. The molecule has 0 fully saturated rings. The summed E-state index contributed by atoms with van der Waals surface area (Å²) in [6.07, 6.45) is 1.76. The maximum atomic E-state index is 13.1. The van der Waals surface area contributed by atoms with Crippen molar-refractivity contribution in [3.05, 3.63) is 71.8 Å². The van der Waals surface area contributed by atoms with Crippen LogP contribution in [0.5, 0.6) is 5.75 Å². The fourth-order valence-corrected chi connectivity index (χ4v) is 4.85. The Labute approximate surface area is 215 Å². The number of methoxy groups -OCH3 is 1. The van der Waals surface area contributed by atoms with Gasteiger partial charge in [0.15, 0.2) is 6.10 Å². The van der Waals surface area contributed by atoms with Crippen LogP contribution in [0.3, 0.4) is 0 Å². The number of ether oxygens (including phenoxy) is 3. The largest absolute Gasteiger partial charge is 0.487 e. The standard InChI is InChI=1S/C28H37NO6S/c1-10-16-34-25-20(5)22(21-14-12-18(3)13-15-21)23(26(27(30)33-9)35-28(6,7)8)19(4)24(25)29-36(31,32)17-11-2/h10-15,26,29H,1-2,16-17H2,3-9H3/t26-/m0/s1. The second kappa shape index (κ2) is 11.8. The van der Waals surface area contributed by atoms with Crippen molar-refractivity contribution in [3.8, 4) is 16.9 Å². The number of anilines is 1. The summed E-state index contributed by atoms with van der Waals surface area (Å²) in [7, 11) is -2.49. The Morgan fingerprint density at radius 3 is 2.17 bits per heavy atom. The number of hydrogen-bond donors (Lipinski definition) is 1. The summed E-state index contributed by atoms with van der Waals surface area (Å²) in [6.45, 7) is 18.5. The van der Waals surface area contributed by atoms with Crippen LogP contribution in [0.2, 0.25) is 0 Å². The van der Waals surface area contributed by atoms with Crippen LogP contribution in [0.1, 0.15) is 49.1 Å². The van der Waals surface area contributed by atoms with Crippen molar-refractivity contribution in [2.75, 3.05) is 24.2 Å². The highest BCUT2D eigenvalue weighted by Crippen LogP contribution is 2.47. The zero-order valence-electron chi connectivity index (χ0n) is 22.2. The molecule has 0 spiro atoms. The Balaban J connectivity index is 3.05. The van der Waals surface area contributed by atoms with Crippen molar-refractivity contribution in [3.63, 3.8) is 0 Å². The highest BCUT2D eigenvalue weighted by Gasteiger charge is 2.35. The minimum atomic E-state index is -3.79. The van der Waals surface area contributed by atoms with Crippen molar-refractivity contribution in [2.24, 2.45) is 0 Å². The highest BCUT2D eigenvalue weighted by atomic mass is 32.2. The van der Waals surface area contributed by atoms with Gasteiger partial charge in [-0.2, -0.15) is 0 Å². The van der Waals surface area contributed by atoms with Gasteiger partial charge in [0.25, 0.3) is 0 Å². The first-order valence-electron chi connectivity index (χ1n) is 11.6. The number of aryl methyl sites for hydroxylation is 1. The van der Waals surface area contributed by atoms with Crippen molar-refractivity contribution in [1.29, 1.82) is 0 Å². The van der Waals surface area contributed by atoms with E-state index in [-0.39, 0.29) is 18.0 Å². The number of benzene rings is 2. The van der Waals surface area contributed by atoms with Crippen LogP contribution in [0.15, 0.2) is 49.6 Å². The molecule has 2 rings (SSSR count). The molecule has 0 aliphatic carbocycles. The molecule has 1 atom stereocenters. The van der Waals surface area contributed by atoms with Crippen molar-refractivity contribution < 1.29 is 27.4 Å². The Bertz CT molecular complexity index is 1220. The highest BCUT2D eigenvalue weighted by molar-refractivity contribution is 7.92. The average molecular weight is 516 g/mol. The fraction of sp³-hybridized carbons (Fsp3) is 0.393. The molecule has 1 N–H and O–H groups in total. The molecule has 0 radical (unpaired) electrons. The molecule has 8 heteroatoms. The predicted octanol–water partition coefficient (Wildman–Crippen LogP) is 5.80. The number of nitrogens with one attached hydrogen (secondary N) is 1. The maximum Gasteiger partial charge on any atom is 0.339 e. The van der Waals surface area contributed by atoms with Gasteiger partial charge in [-0.3, -0.25) is 4.72 Å². The number of hydrogen-bond acceptors (Lipinski definition) is 6. The van der Waals surface area contributed by atoms with Crippen molar-refractivity contribution in [2.45, 2.75) is 53.2 Å². The van der Waals surface area contributed by atoms with E-state index in [0.717, 1.165) is 11.1 Å². The lowest BCUT2D eigenvalue weighted by Crippen LogP contribution is -2.30. The zero-order chi connectivity index (χ0) is 27.3. The Kier molecular flexibility index (Phi) is 9.51. The summed E-state index contributed by atoms with van der Waals surface area (Å²) in [6, 6.07) is 7.84. The lowest BCUT2D eigenvalue weighted by molar-refractivity contribution is -0.164. The van der Waals surface area contributed by atoms with E-state index in [1.807, 2.05) is 58.9 Å². The average Bonchev–Trinajstić information content (AvgIpc) is 2.79. The maximum absolute atomic E-state index is 13.1. The minimum absolute atomic E-state index is 0.155. The predicted molar refractivity (Wildman–Crippen MR) is 145 cm³/mol. The molecule has 2 aromatic rings. The fourth-order valence-electron chi connectivity index (χ4n) is 3.90. The Morgan fingerprint density at radius 2 is 1.67 bits per heavy atom. The molecule has 7 nitrogen and oxygen atoms in total. The van der Waals surface area contributed by atoms with Crippen LogP contribution < -0.4 is 9.46 Å². The van der Waals surface area contributed by atoms with Gasteiger partial charge in [-0.1, -0.05) is 48.6 Å². The molecule has 0 unspecified atom stereocenters. The van der Waals surface area contributed by atoms with E-state index in [1.54, 1.807) is 13.0 Å². The smallest absolute Gasteiger partial charge is 0.339 e. The SMILES string of the molecule is C=CCOc1c(C)c(-c2ccc(C)cc2)c([C@H](OC(C)(C)C)C(=O)OC)c(C)c1NS(=O)(=O)CC=C. The first-order chi connectivity index (χ1) is 16.8. The molecule has 36 heavy (non-hydrogen) atoms. The van der Waals surface area contributed by atoms with Gasteiger partial charge in [0.1, 0.15) is 12.4 Å². The minimum Gasteiger partial charge on any atom is -0.487 e. The first-order valence-corrected chi connectivity index (χ1v) is 13.3. The van der Waals surface area contributed by atoms with Crippen LogP contribution in [-0.4, -0.2) is 39.5 Å². The molecule has 0 saturated carbocycles. The summed E-state index contributed by atoms with van der Waals surface area (Å²) in [4.78, 5) is 13.1. The molecule has 0 heterocycles. The second-order valence-electron chi connectivity index (χ2n) is 9.51. The molecule has 0 aliphatic rings. The van der Waals surface area contributed by atoms with Gasteiger partial charge < -0.3 is 14.2 Å². The van der Waals surface area contributed by atoms with Crippen molar-refractivity contribution in [1.82, 2.24) is 0 Å². The van der Waals surface area contributed by atoms with Gasteiger partial charge in [-0.05, 0) is 58.2 Å². The van der Waals surface area contributed by atoms with Crippen LogP contribution in [0.4, 0.5) is 5.69 Å². The molecule has 2 aromatic carbocycles. The summed E-state index contributed by atoms with van der Waals surface area (Å²) in [5.74, 6) is -0.542. The van der Waals surface area contributed by atoms with Gasteiger partial charge in [-0.15, -0.1) is 6.58 Å². The zero-order valence-corrected chi connectivity index (χ0v) is 23.0. The second-order valence-corrected chi connectivity index (χ2v) is 11.3. The lowest BCUT2D eigenvalue weighted by atomic mass is 9.86. The molecule has 0 aromatic heterocycles. The van der Waals surface area contributed by atoms with Gasteiger partial charge in [0.2, 0.25) is 10.0 Å². The third-order valence-corrected chi connectivity index (χ3v) is 6.61. The van der Waals surface area contributed by atoms with Crippen LogP contribution in [-0.2, 0) is 24.3 Å². The number of sulfonamides is 1. The molecule has 0 aliphatic heterocycles. The van der Waals surface area contributed by atoms with E-state index in [9.17, 15) is 13.2 Å². The lowest BCUT2D eigenvalue weighted by Gasteiger charge is -2.31. The summed E-state index contributed by atoms with van der Waals surface area (Å²) in [5.41, 5.74) is 3.76. The Morgan fingerprint density at radius 1 is 1.06 bits per heavy atom. The molecular formula is C28H37NO6S. The normalized spacial score (nSPS) is 12.5. The van der Waals surface area contributed by atoms with Crippen LogP contribution >= 0.6 is 0 Å². The van der Waals surface area contributed by atoms with E-state index in [0.29, 0.717) is 28.0 Å². The van der Waals surface area contributed by atoms with Crippen LogP contribution in [0.25, 0.3) is 11.1 Å². The topological polar surface area (TPSA) is 90.9 Å². The first kappa shape index (κ1) is 29.1. The van der Waals surface area contributed by atoms with Gasteiger partial charge in [0.05, 0.1) is 24.2 Å². The molecular weight excluding hydrogens is 478 g/mol. The molecule has 0 saturated heterocycles. The molecule has 0 bridgehead atoms. The Hall–Kier alpha value is -3.10. The number of rotatable bonds is 11. The molecule has 0 amide bonds. The molecule has 196 valence electrons. The van der Waals surface area contributed by atoms with Gasteiger partial charge in [-0.25, -0.2) is 13.2 Å². The number of carbonyl (C=O) groups is 1. The summed E-state index contributed by atoms with van der Waals surface area (Å²) in [5, 5.41) is 0. The quantitative estimate of drug-likeness (QED) is 0.300. The van der Waals surface area contributed by atoms with E-state index in [4.69, 9.17) is 14.2 Å². The monoisotopic (exact) mass is 515 g/mol. The van der Waals surface area contributed by atoms with E-state index in [2.05, 4.69) is 17.9 Å². The number of esters is 1. The van der Waals surface area contributed by atoms with Gasteiger partial charge >= 0.3 is 5.97 Å². The third-order valence-electron chi connectivity index (χ3n) is 5.42. The third kappa shape index (κ3) is 6.98. The van der Waals surface area contributed by atoms with E-state index in [1.165, 1.54) is 13.2 Å². The van der Waals surface area contributed by atoms with Crippen molar-refractivity contribution >= 4 is 21.7 Å². The number of carbonyl (C=O) groups excluding carboxylic acids is 1. The van der Waals surface area contributed by atoms with E-state index < -0.39 is 27.7 Å². The van der Waals surface area contributed by atoms with Gasteiger partial charge in [0, 0.05) is 11.1 Å². The summed E-state index contributed by atoms with van der Waals surface area (Å²) < 4.78 is 45.6. The van der Waals surface area contributed by atoms with E-state index >= 15 is 0 Å².